The Morgan fingerprint density at radius 3 is 2.58 bits per heavy atom. The molecule has 164 valence electrons. The van der Waals surface area contributed by atoms with Gasteiger partial charge in [0.15, 0.2) is 5.65 Å². The summed E-state index contributed by atoms with van der Waals surface area (Å²) in [5.74, 6) is 0.802. The fraction of sp³-hybridized carbons (Fsp3) is 0.500. The molecule has 0 bridgehead atoms. The van der Waals surface area contributed by atoms with E-state index in [2.05, 4.69) is 31.9 Å². The van der Waals surface area contributed by atoms with Gasteiger partial charge in [-0.15, -0.1) is 0 Å². The van der Waals surface area contributed by atoms with Gasteiger partial charge in [0.1, 0.15) is 5.75 Å². The first kappa shape index (κ1) is 21.1. The van der Waals surface area contributed by atoms with Gasteiger partial charge >= 0.3 is 0 Å². The van der Waals surface area contributed by atoms with E-state index in [4.69, 9.17) is 16.3 Å². The van der Waals surface area contributed by atoms with Crippen molar-refractivity contribution in [3.8, 4) is 10.9 Å². The highest BCUT2D eigenvalue weighted by Crippen LogP contribution is 2.31. The van der Waals surface area contributed by atoms with Crippen LogP contribution in [0.5, 0.6) is 10.9 Å². The van der Waals surface area contributed by atoms with Gasteiger partial charge in [-0.1, -0.05) is 41.5 Å². The van der Waals surface area contributed by atoms with Crippen LogP contribution in [0.1, 0.15) is 37.7 Å². The van der Waals surface area contributed by atoms with Crippen LogP contribution in [0.3, 0.4) is 0 Å². The molecule has 0 saturated carbocycles. The third kappa shape index (κ3) is 5.37. The van der Waals surface area contributed by atoms with E-state index in [1.807, 2.05) is 18.2 Å². The first-order valence-corrected chi connectivity index (χ1v) is 12.6. The third-order valence-electron chi connectivity index (χ3n) is 6.50. The summed E-state index contributed by atoms with van der Waals surface area (Å²) in [7, 11) is 0. The Morgan fingerprint density at radius 1 is 1.03 bits per heavy atom. The molecule has 0 amide bonds. The largest absolute Gasteiger partial charge is 0.431 e. The predicted molar refractivity (Wildman–Crippen MR) is 128 cm³/mol. The molecule has 5 nitrogen and oxygen atoms in total. The quantitative estimate of drug-likeness (QED) is 0.480. The number of ether oxygens (including phenoxy) is 1. The minimum absolute atomic E-state index is 0.592. The zero-order valence-electron chi connectivity index (χ0n) is 17.8. The lowest BCUT2D eigenvalue weighted by atomic mass is 9.99. The number of pyridine rings is 1. The van der Waals surface area contributed by atoms with Gasteiger partial charge in [0.2, 0.25) is 0 Å². The number of aromatic nitrogens is 2. The molecular formula is C24H29ClN4OS. The fourth-order valence-electron chi connectivity index (χ4n) is 4.72. The molecule has 0 N–H and O–H groups in total. The molecular weight excluding hydrogens is 428 g/mol. The molecule has 0 aliphatic carbocycles. The molecule has 0 unspecified atom stereocenters. The molecule has 5 rings (SSSR count). The lowest BCUT2D eigenvalue weighted by molar-refractivity contribution is 0.0931. The maximum Gasteiger partial charge on any atom is 0.281 e. The second-order valence-corrected chi connectivity index (χ2v) is 10.1. The minimum atomic E-state index is 0.592. The van der Waals surface area contributed by atoms with E-state index in [0.717, 1.165) is 29.5 Å². The standard InChI is InChI=1S/C24H29ClN4OS/c25-19-16-22-23(26-17-19)27-24(31-22)30-21-6-4-18(5-7-21)8-13-28-14-9-20(10-15-28)29-11-2-1-3-12-29/h4-7,16-17,20H,1-3,8-15H2. The summed E-state index contributed by atoms with van der Waals surface area (Å²) in [6, 6.07) is 11.1. The molecule has 2 saturated heterocycles. The van der Waals surface area contributed by atoms with Gasteiger partial charge in [-0.25, -0.2) is 4.98 Å². The van der Waals surface area contributed by atoms with Crippen molar-refractivity contribution in [1.29, 1.82) is 0 Å². The summed E-state index contributed by atoms with van der Waals surface area (Å²) in [4.78, 5) is 14.0. The molecule has 4 heterocycles. The van der Waals surface area contributed by atoms with Gasteiger partial charge < -0.3 is 14.5 Å². The van der Waals surface area contributed by atoms with Crippen LogP contribution < -0.4 is 4.74 Å². The first-order valence-electron chi connectivity index (χ1n) is 11.4. The Morgan fingerprint density at radius 2 is 1.81 bits per heavy atom. The Labute approximate surface area is 193 Å². The molecule has 3 aromatic rings. The number of benzene rings is 1. The number of rotatable bonds is 6. The average Bonchev–Trinajstić information content (AvgIpc) is 3.21. The van der Waals surface area contributed by atoms with Crippen molar-refractivity contribution in [2.75, 3.05) is 32.7 Å². The monoisotopic (exact) mass is 456 g/mol. The van der Waals surface area contributed by atoms with Crippen molar-refractivity contribution in [2.24, 2.45) is 0 Å². The fourth-order valence-corrected chi connectivity index (χ4v) is 5.78. The van der Waals surface area contributed by atoms with Crippen molar-refractivity contribution in [1.82, 2.24) is 19.8 Å². The van der Waals surface area contributed by atoms with Crippen molar-refractivity contribution in [2.45, 2.75) is 44.6 Å². The molecule has 7 heteroatoms. The minimum Gasteiger partial charge on any atom is -0.431 e. The van der Waals surface area contributed by atoms with Gasteiger partial charge in [-0.3, -0.25) is 0 Å². The second kappa shape index (κ2) is 9.82. The van der Waals surface area contributed by atoms with Gasteiger partial charge in [0.05, 0.1) is 9.72 Å². The van der Waals surface area contributed by atoms with Crippen LogP contribution in [-0.2, 0) is 6.42 Å². The Bertz CT molecular complexity index is 994. The number of hydrogen-bond donors (Lipinski definition) is 0. The molecule has 31 heavy (non-hydrogen) atoms. The highest BCUT2D eigenvalue weighted by Gasteiger charge is 2.25. The molecule has 0 atom stereocenters. The highest BCUT2D eigenvalue weighted by molar-refractivity contribution is 7.20. The normalized spacial score (nSPS) is 19.1. The van der Waals surface area contributed by atoms with Crippen LogP contribution in [-0.4, -0.2) is 58.5 Å². The summed E-state index contributed by atoms with van der Waals surface area (Å²) in [6.07, 6.45) is 9.56. The van der Waals surface area contributed by atoms with E-state index in [9.17, 15) is 0 Å². The number of fused-ring (bicyclic) bond motifs is 1. The highest BCUT2D eigenvalue weighted by atomic mass is 35.5. The van der Waals surface area contributed by atoms with Crippen molar-refractivity contribution < 1.29 is 4.74 Å². The van der Waals surface area contributed by atoms with E-state index in [1.54, 1.807) is 6.20 Å². The van der Waals surface area contributed by atoms with Crippen LogP contribution in [0.4, 0.5) is 0 Å². The number of hydrogen-bond acceptors (Lipinski definition) is 6. The number of thiazole rings is 1. The molecule has 0 radical (unpaired) electrons. The van der Waals surface area contributed by atoms with Crippen LogP contribution in [0.2, 0.25) is 5.02 Å². The summed E-state index contributed by atoms with van der Waals surface area (Å²) >= 11 is 7.46. The van der Waals surface area contributed by atoms with E-state index >= 15 is 0 Å². The topological polar surface area (TPSA) is 41.5 Å². The maximum absolute atomic E-state index is 6.00. The van der Waals surface area contributed by atoms with E-state index in [-0.39, 0.29) is 0 Å². The second-order valence-electron chi connectivity index (χ2n) is 8.62. The molecule has 2 aromatic heterocycles. The zero-order chi connectivity index (χ0) is 21.0. The van der Waals surface area contributed by atoms with Crippen molar-refractivity contribution in [3.05, 3.63) is 47.1 Å². The first-order chi connectivity index (χ1) is 15.2. The van der Waals surface area contributed by atoms with Gasteiger partial charge in [0.25, 0.3) is 5.19 Å². The van der Waals surface area contributed by atoms with Crippen LogP contribution >= 0.6 is 22.9 Å². The number of halogens is 1. The maximum atomic E-state index is 6.00. The molecule has 0 spiro atoms. The summed E-state index contributed by atoms with van der Waals surface area (Å²) < 4.78 is 6.86. The number of likely N-dealkylation sites (tertiary alicyclic amines) is 2. The van der Waals surface area contributed by atoms with Gasteiger partial charge in [0, 0.05) is 18.8 Å². The number of nitrogens with zero attached hydrogens (tertiary/aromatic N) is 4. The van der Waals surface area contributed by atoms with E-state index < -0.39 is 0 Å². The Hall–Kier alpha value is -1.73. The molecule has 2 aliphatic heterocycles. The summed E-state index contributed by atoms with van der Waals surface area (Å²) in [5.41, 5.74) is 2.02. The van der Waals surface area contributed by atoms with Crippen LogP contribution in [0.15, 0.2) is 36.5 Å². The lowest BCUT2D eigenvalue weighted by Crippen LogP contribution is -2.47. The van der Waals surface area contributed by atoms with Gasteiger partial charge in [-0.05, 0) is 82.0 Å². The Kier molecular flexibility index (Phi) is 6.69. The predicted octanol–water partition coefficient (Wildman–Crippen LogP) is 5.63. The molecule has 2 fully saturated rings. The summed E-state index contributed by atoms with van der Waals surface area (Å²) in [5, 5.41) is 1.21. The number of piperidine rings is 2. The molecule has 1 aromatic carbocycles. The van der Waals surface area contributed by atoms with Crippen LogP contribution in [0.25, 0.3) is 10.3 Å². The van der Waals surface area contributed by atoms with Crippen LogP contribution in [0, 0.1) is 0 Å². The SMILES string of the molecule is Clc1cnc2nc(Oc3ccc(CCN4CCC(N5CCCCC5)CC4)cc3)sc2c1. The van der Waals surface area contributed by atoms with Crippen molar-refractivity contribution in [3.63, 3.8) is 0 Å². The lowest BCUT2D eigenvalue weighted by Gasteiger charge is -2.40. The Balaban J connectivity index is 1.09. The average molecular weight is 457 g/mol. The van der Waals surface area contributed by atoms with E-state index in [0.29, 0.717) is 15.9 Å². The van der Waals surface area contributed by atoms with E-state index in [1.165, 1.54) is 75.2 Å². The zero-order valence-corrected chi connectivity index (χ0v) is 19.4. The van der Waals surface area contributed by atoms with Crippen molar-refractivity contribution >= 4 is 33.3 Å². The van der Waals surface area contributed by atoms with Gasteiger partial charge in [-0.2, -0.15) is 4.98 Å². The summed E-state index contributed by atoms with van der Waals surface area (Å²) in [6.45, 7) is 6.24. The smallest absolute Gasteiger partial charge is 0.281 e. The third-order valence-corrected chi connectivity index (χ3v) is 7.58. The molecule has 2 aliphatic rings.